The number of carbonyl (C=O) groups is 3. The van der Waals surface area contributed by atoms with E-state index in [2.05, 4.69) is 33.0 Å². The van der Waals surface area contributed by atoms with Crippen LogP contribution < -0.4 is 16.8 Å². The number of rotatable bonds is 15. The average molecular weight is 723 g/mol. The average Bonchev–Trinajstić information content (AvgIpc) is 3.10. The fourth-order valence-electron chi connectivity index (χ4n) is 8.62. The first-order valence-corrected chi connectivity index (χ1v) is 19.5. The summed E-state index contributed by atoms with van der Waals surface area (Å²) in [6, 6.07) is 15.5. The molecule has 10 heteroatoms. The molecule has 2 fully saturated rings. The van der Waals surface area contributed by atoms with Crippen LogP contribution in [-0.2, 0) is 38.6 Å². The van der Waals surface area contributed by atoms with Gasteiger partial charge >= 0.3 is 5.97 Å². The van der Waals surface area contributed by atoms with Crippen LogP contribution in [0.25, 0.3) is 0 Å². The monoisotopic (exact) mass is 722 g/mol. The Labute approximate surface area is 310 Å². The molecule has 1 unspecified atom stereocenters. The van der Waals surface area contributed by atoms with E-state index in [1.807, 2.05) is 48.5 Å². The number of ketones is 1. The van der Waals surface area contributed by atoms with Crippen LogP contribution in [0.4, 0.5) is 0 Å². The van der Waals surface area contributed by atoms with Crippen molar-refractivity contribution in [1.29, 1.82) is 0 Å². The number of benzene rings is 2. The number of aliphatic hydroxyl groups is 1. The number of carbonyl (C=O) groups excluding carboxylic acids is 3. The second-order valence-electron chi connectivity index (χ2n) is 16.4. The highest BCUT2D eigenvalue weighted by Gasteiger charge is 2.59. The van der Waals surface area contributed by atoms with Crippen LogP contribution in [0.2, 0.25) is 0 Å². The van der Waals surface area contributed by atoms with Crippen molar-refractivity contribution in [3.05, 3.63) is 65.2 Å². The number of aliphatic hydroxyl groups excluding tert-OH is 1. The minimum atomic E-state index is -0.676. The Kier molecular flexibility index (Phi) is 14.0. The Hall–Kier alpha value is -2.76. The molecule has 9 nitrogen and oxygen atoms in total. The van der Waals surface area contributed by atoms with Gasteiger partial charge in [0.15, 0.2) is 0 Å². The molecule has 0 spiro atoms. The SMILES string of the molecule is CC(=O)CC[C@]12CC[C@@H](C)[C@](C)(C1)[C@H](OC(=O)CSc1ccc(CN)cc1)C[C@](C)(CNCc1ccc(CC(N)C(=O)N(C)C)cc1)[C@@H](O)[C@@H]2C. The lowest BCUT2D eigenvalue weighted by molar-refractivity contribution is -0.192. The second kappa shape index (κ2) is 17.4. The number of amides is 1. The topological polar surface area (TPSA) is 148 Å². The predicted molar refractivity (Wildman–Crippen MR) is 205 cm³/mol. The van der Waals surface area contributed by atoms with E-state index in [9.17, 15) is 19.5 Å². The third-order valence-electron chi connectivity index (χ3n) is 12.3. The molecule has 0 aromatic heterocycles. The van der Waals surface area contributed by atoms with Crippen molar-refractivity contribution in [2.45, 2.75) is 116 Å². The van der Waals surface area contributed by atoms with Crippen molar-refractivity contribution < 1.29 is 24.2 Å². The summed E-state index contributed by atoms with van der Waals surface area (Å²) >= 11 is 1.46. The minimum absolute atomic E-state index is 0.0486. The third kappa shape index (κ3) is 10.0. The Morgan fingerprint density at radius 1 is 1.04 bits per heavy atom. The fraction of sp³-hybridized carbons (Fsp3) is 0.634. The van der Waals surface area contributed by atoms with Gasteiger partial charge in [0, 0.05) is 55.9 Å². The molecular formula is C41H62N4O5S. The smallest absolute Gasteiger partial charge is 0.316 e. The van der Waals surface area contributed by atoms with Gasteiger partial charge < -0.3 is 36.3 Å². The zero-order valence-corrected chi connectivity index (χ0v) is 32.7. The van der Waals surface area contributed by atoms with Crippen molar-refractivity contribution in [2.75, 3.05) is 26.4 Å². The molecule has 1 amide bonds. The molecule has 2 saturated carbocycles. The molecule has 2 aliphatic carbocycles. The van der Waals surface area contributed by atoms with Gasteiger partial charge in [-0.25, -0.2) is 0 Å². The summed E-state index contributed by atoms with van der Waals surface area (Å²) < 4.78 is 6.52. The van der Waals surface area contributed by atoms with Crippen molar-refractivity contribution in [1.82, 2.24) is 10.2 Å². The molecule has 51 heavy (non-hydrogen) atoms. The highest BCUT2D eigenvalue weighted by molar-refractivity contribution is 8.00. The first-order chi connectivity index (χ1) is 24.0. The summed E-state index contributed by atoms with van der Waals surface area (Å²) in [5, 5.41) is 16.0. The van der Waals surface area contributed by atoms with E-state index in [4.69, 9.17) is 16.2 Å². The maximum Gasteiger partial charge on any atom is 0.316 e. The van der Waals surface area contributed by atoms with Crippen molar-refractivity contribution in [3.63, 3.8) is 0 Å². The summed E-state index contributed by atoms with van der Waals surface area (Å²) in [6.45, 7) is 12.1. The molecule has 8 atom stereocenters. The largest absolute Gasteiger partial charge is 0.461 e. The zero-order chi connectivity index (χ0) is 37.6. The van der Waals surface area contributed by atoms with Crippen LogP contribution in [0.5, 0.6) is 0 Å². The van der Waals surface area contributed by atoms with E-state index in [0.717, 1.165) is 47.3 Å². The summed E-state index contributed by atoms with van der Waals surface area (Å²) in [5.74, 6) is 0.249. The molecule has 2 aromatic rings. The van der Waals surface area contributed by atoms with Crippen LogP contribution in [0.15, 0.2) is 53.4 Å². The Bertz CT molecular complexity index is 1490. The molecule has 0 heterocycles. The van der Waals surface area contributed by atoms with Crippen LogP contribution in [0.1, 0.15) is 89.8 Å². The maximum atomic E-state index is 13.6. The minimum Gasteiger partial charge on any atom is -0.461 e. The number of fused-ring (bicyclic) bond motifs is 2. The number of nitrogens with one attached hydrogen (secondary N) is 1. The van der Waals surface area contributed by atoms with Crippen molar-refractivity contribution in [2.24, 2.45) is 39.5 Å². The first kappa shape index (κ1) is 41.0. The fourth-order valence-corrected chi connectivity index (χ4v) is 9.31. The normalized spacial score (nSPS) is 29.8. The number of hydrogen-bond acceptors (Lipinski definition) is 9. The van der Waals surface area contributed by atoms with Gasteiger partial charge in [-0.2, -0.15) is 0 Å². The molecule has 0 radical (unpaired) electrons. The van der Waals surface area contributed by atoms with Crippen LogP contribution in [-0.4, -0.2) is 72.3 Å². The van der Waals surface area contributed by atoms with Gasteiger partial charge in [-0.1, -0.05) is 64.1 Å². The number of ether oxygens (including phenoxy) is 1. The number of nitrogens with zero attached hydrogens (tertiary/aromatic N) is 1. The summed E-state index contributed by atoms with van der Waals surface area (Å²) in [7, 11) is 3.42. The molecular weight excluding hydrogens is 661 g/mol. The number of likely N-dealkylation sites (N-methyl/N-ethyl adjacent to an activating group) is 1. The van der Waals surface area contributed by atoms with E-state index in [1.54, 1.807) is 21.0 Å². The molecule has 0 saturated heterocycles. The number of Topliss-reactive ketones (excluding diaryl/α,β-unsaturated/α-hetero) is 1. The Balaban J connectivity index is 1.55. The summed E-state index contributed by atoms with van der Waals surface area (Å²) in [6.07, 6.45) is 3.80. The van der Waals surface area contributed by atoms with E-state index in [0.29, 0.717) is 44.8 Å². The van der Waals surface area contributed by atoms with Crippen LogP contribution in [0.3, 0.4) is 0 Å². The van der Waals surface area contributed by atoms with Gasteiger partial charge in [-0.05, 0) is 91.5 Å². The number of esters is 1. The second-order valence-corrected chi connectivity index (χ2v) is 17.4. The number of hydrogen-bond donors (Lipinski definition) is 4. The molecule has 2 aliphatic rings. The molecule has 2 bridgehead atoms. The highest BCUT2D eigenvalue weighted by atomic mass is 32.2. The lowest BCUT2D eigenvalue weighted by Crippen LogP contribution is -2.60. The van der Waals surface area contributed by atoms with E-state index in [1.165, 1.54) is 16.7 Å². The lowest BCUT2D eigenvalue weighted by Gasteiger charge is -2.60. The van der Waals surface area contributed by atoms with E-state index in [-0.39, 0.29) is 40.2 Å². The third-order valence-corrected chi connectivity index (χ3v) is 13.3. The standard InChI is InChI=1S/C41H62N4O5S/c1-27-16-18-41(19-17-28(2)46)25-40(27,5)35(50-36(47)24-51-33-14-12-31(22-42)13-15-33)21-39(4,37(48)29(41)3)26-44-23-32-10-8-30(9-11-32)20-34(43)38(49)45(6)7/h8-15,27,29,34-35,37,44,48H,16-26,42-43H2,1-7H3/t27-,29+,34?,35-,37+,39-,40+,41-/m1/s1. The molecule has 0 aliphatic heterocycles. The maximum absolute atomic E-state index is 13.6. The highest BCUT2D eigenvalue weighted by Crippen LogP contribution is 2.61. The Morgan fingerprint density at radius 2 is 1.67 bits per heavy atom. The van der Waals surface area contributed by atoms with Gasteiger partial charge in [0.05, 0.1) is 17.9 Å². The lowest BCUT2D eigenvalue weighted by atomic mass is 9.47. The number of nitrogens with two attached hydrogens (primary N) is 2. The van der Waals surface area contributed by atoms with Gasteiger partial charge in [-0.15, -0.1) is 11.8 Å². The first-order valence-electron chi connectivity index (χ1n) is 18.6. The van der Waals surface area contributed by atoms with E-state index >= 15 is 0 Å². The van der Waals surface area contributed by atoms with Gasteiger partial charge in [0.25, 0.3) is 0 Å². The quantitative estimate of drug-likeness (QED) is 0.139. The zero-order valence-electron chi connectivity index (χ0n) is 31.9. The van der Waals surface area contributed by atoms with Gasteiger partial charge in [-0.3, -0.25) is 9.59 Å². The van der Waals surface area contributed by atoms with Crippen molar-refractivity contribution >= 4 is 29.4 Å². The van der Waals surface area contributed by atoms with Crippen molar-refractivity contribution in [3.8, 4) is 0 Å². The summed E-state index contributed by atoms with van der Waals surface area (Å²) in [5.41, 5.74) is 13.8. The molecule has 6 N–H and O–H groups in total. The summed E-state index contributed by atoms with van der Waals surface area (Å²) in [4.78, 5) is 40.7. The van der Waals surface area contributed by atoms with Crippen LogP contribution in [0, 0.1) is 28.1 Å². The van der Waals surface area contributed by atoms with Gasteiger partial charge in [0.1, 0.15) is 11.9 Å². The van der Waals surface area contributed by atoms with E-state index < -0.39 is 23.7 Å². The van der Waals surface area contributed by atoms with Gasteiger partial charge in [0.2, 0.25) is 5.91 Å². The molecule has 4 rings (SSSR count). The molecule has 2 aromatic carbocycles. The predicted octanol–water partition coefficient (Wildman–Crippen LogP) is 5.49. The van der Waals surface area contributed by atoms with Crippen LogP contribution >= 0.6 is 11.8 Å². The molecule has 282 valence electrons. The number of thioether (sulfide) groups is 1. The Morgan fingerprint density at radius 3 is 2.27 bits per heavy atom.